The Bertz CT molecular complexity index is 180. The van der Waals surface area contributed by atoms with Crippen molar-refractivity contribution in [2.75, 3.05) is 0 Å². The van der Waals surface area contributed by atoms with Gasteiger partial charge in [-0.25, -0.2) is 4.79 Å². The van der Waals surface area contributed by atoms with E-state index < -0.39 is 12.1 Å². The molecule has 0 radical (unpaired) electrons. The van der Waals surface area contributed by atoms with Crippen LogP contribution in [0.25, 0.3) is 0 Å². The number of aliphatic hydroxyl groups excluding tert-OH is 1. The fourth-order valence-corrected chi connectivity index (χ4v) is 0.779. The third kappa shape index (κ3) is 3.78. The van der Waals surface area contributed by atoms with E-state index in [1.54, 1.807) is 20.8 Å². The lowest BCUT2D eigenvalue weighted by molar-refractivity contribution is -0.132. The normalized spacial score (nSPS) is 15.6. The minimum Gasteiger partial charge on any atom is -0.478 e. The van der Waals surface area contributed by atoms with Crippen LogP contribution in [-0.2, 0) is 4.79 Å². The summed E-state index contributed by atoms with van der Waals surface area (Å²) in [6, 6.07) is 0. The van der Waals surface area contributed by atoms with Crippen molar-refractivity contribution < 1.29 is 15.0 Å². The van der Waals surface area contributed by atoms with Gasteiger partial charge in [-0.1, -0.05) is 5.57 Å². The van der Waals surface area contributed by atoms with Crippen LogP contribution in [-0.4, -0.2) is 22.3 Å². The monoisotopic (exact) mass is 158 g/mol. The molecular weight excluding hydrogens is 144 g/mol. The van der Waals surface area contributed by atoms with Crippen molar-refractivity contribution >= 4 is 5.97 Å². The molecule has 0 spiro atoms. The van der Waals surface area contributed by atoms with Gasteiger partial charge in [0.05, 0.1) is 6.10 Å². The average Bonchev–Trinajstić information content (AvgIpc) is 1.84. The minimum absolute atomic E-state index is 0.325. The Hall–Kier alpha value is -0.830. The molecule has 0 aliphatic carbocycles. The lowest BCUT2D eigenvalue weighted by Gasteiger charge is -2.05. The molecule has 0 aromatic heterocycles. The maximum atomic E-state index is 10.4. The third-order valence-electron chi connectivity index (χ3n) is 1.56. The van der Waals surface area contributed by atoms with E-state index in [2.05, 4.69) is 0 Å². The predicted molar refractivity (Wildman–Crippen MR) is 42.3 cm³/mol. The number of carbonyl (C=O) groups is 1. The van der Waals surface area contributed by atoms with Gasteiger partial charge in [-0.3, -0.25) is 0 Å². The summed E-state index contributed by atoms with van der Waals surface area (Å²) in [5.74, 6) is -0.914. The first kappa shape index (κ1) is 10.2. The minimum atomic E-state index is -0.914. The molecule has 0 rings (SSSR count). The molecule has 0 fully saturated rings. The molecule has 0 saturated heterocycles. The first-order valence-corrected chi connectivity index (χ1v) is 3.53. The summed E-state index contributed by atoms with van der Waals surface area (Å²) in [5, 5.41) is 17.5. The van der Waals surface area contributed by atoms with Gasteiger partial charge < -0.3 is 10.2 Å². The molecule has 0 amide bonds. The van der Waals surface area contributed by atoms with E-state index in [0.717, 1.165) is 5.57 Å². The van der Waals surface area contributed by atoms with Crippen LogP contribution in [0.1, 0.15) is 27.2 Å². The second kappa shape index (κ2) is 4.13. The van der Waals surface area contributed by atoms with Crippen LogP contribution in [0.5, 0.6) is 0 Å². The van der Waals surface area contributed by atoms with Crippen LogP contribution in [0.15, 0.2) is 11.1 Å². The molecule has 0 bridgehead atoms. The van der Waals surface area contributed by atoms with Gasteiger partial charge in [0.1, 0.15) is 0 Å². The van der Waals surface area contributed by atoms with Gasteiger partial charge in [0, 0.05) is 5.57 Å². The number of rotatable bonds is 3. The Kier molecular flexibility index (Phi) is 3.82. The van der Waals surface area contributed by atoms with Gasteiger partial charge >= 0.3 is 5.97 Å². The molecule has 11 heavy (non-hydrogen) atoms. The third-order valence-corrected chi connectivity index (χ3v) is 1.56. The molecule has 3 heteroatoms. The molecule has 0 aliphatic rings. The predicted octanol–water partition coefficient (Wildman–Crippen LogP) is 1.18. The summed E-state index contributed by atoms with van der Waals surface area (Å²) in [5.41, 5.74) is 1.05. The fourth-order valence-electron chi connectivity index (χ4n) is 0.779. The Morgan fingerprint density at radius 1 is 1.45 bits per heavy atom. The Morgan fingerprint density at radius 2 is 1.91 bits per heavy atom. The largest absolute Gasteiger partial charge is 0.478 e. The fraction of sp³-hybridized carbons (Fsp3) is 0.625. The summed E-state index contributed by atoms with van der Waals surface area (Å²) in [7, 11) is 0. The standard InChI is InChI=1S/C8H14O3/c1-5(4-6(2)9)7(3)8(10)11/h6,9H,4H2,1-3H3,(H,10,11). The van der Waals surface area contributed by atoms with Crippen molar-refractivity contribution in [1.29, 1.82) is 0 Å². The second-order valence-electron chi connectivity index (χ2n) is 2.76. The quantitative estimate of drug-likeness (QED) is 0.606. The van der Waals surface area contributed by atoms with E-state index in [4.69, 9.17) is 10.2 Å². The first-order chi connectivity index (χ1) is 4.95. The number of carboxylic acid groups (broad SMARTS) is 1. The molecule has 0 aromatic carbocycles. The Labute approximate surface area is 66.4 Å². The summed E-state index contributed by atoms with van der Waals surface area (Å²) in [4.78, 5) is 10.4. The molecule has 2 N–H and O–H groups in total. The highest BCUT2D eigenvalue weighted by Crippen LogP contribution is 2.10. The van der Waals surface area contributed by atoms with Crippen LogP contribution in [0.2, 0.25) is 0 Å². The SMILES string of the molecule is CC(CC(C)O)=C(C)C(=O)O. The topological polar surface area (TPSA) is 57.5 Å². The van der Waals surface area contributed by atoms with Crippen molar-refractivity contribution in [3.8, 4) is 0 Å². The molecule has 0 heterocycles. The van der Waals surface area contributed by atoms with E-state index in [9.17, 15) is 4.79 Å². The highest BCUT2D eigenvalue weighted by atomic mass is 16.4. The molecule has 0 aliphatic heterocycles. The van der Waals surface area contributed by atoms with Crippen LogP contribution < -0.4 is 0 Å². The Morgan fingerprint density at radius 3 is 2.18 bits per heavy atom. The summed E-state index contributed by atoms with van der Waals surface area (Å²) in [6.07, 6.45) is -0.0395. The number of aliphatic hydroxyl groups is 1. The van der Waals surface area contributed by atoms with Gasteiger partial charge in [0.15, 0.2) is 0 Å². The zero-order valence-corrected chi connectivity index (χ0v) is 7.09. The molecule has 1 unspecified atom stereocenters. The number of aliphatic carboxylic acids is 1. The van der Waals surface area contributed by atoms with E-state index >= 15 is 0 Å². The van der Waals surface area contributed by atoms with Gasteiger partial charge in [0.25, 0.3) is 0 Å². The molecule has 0 saturated carbocycles. The van der Waals surface area contributed by atoms with Crippen molar-refractivity contribution in [2.24, 2.45) is 0 Å². The maximum absolute atomic E-state index is 10.4. The molecule has 3 nitrogen and oxygen atoms in total. The number of hydrogen-bond acceptors (Lipinski definition) is 2. The zero-order valence-electron chi connectivity index (χ0n) is 7.09. The zero-order chi connectivity index (χ0) is 9.02. The average molecular weight is 158 g/mol. The lowest BCUT2D eigenvalue weighted by atomic mass is 10.1. The molecular formula is C8H14O3. The van der Waals surface area contributed by atoms with Crippen LogP contribution in [0, 0.1) is 0 Å². The smallest absolute Gasteiger partial charge is 0.331 e. The van der Waals surface area contributed by atoms with Crippen LogP contribution in [0.4, 0.5) is 0 Å². The highest BCUT2D eigenvalue weighted by molar-refractivity contribution is 5.86. The molecule has 0 aromatic rings. The van der Waals surface area contributed by atoms with E-state index in [1.165, 1.54) is 0 Å². The Balaban J connectivity index is 4.28. The number of carboxylic acids is 1. The second-order valence-corrected chi connectivity index (χ2v) is 2.76. The van der Waals surface area contributed by atoms with Gasteiger partial charge in [0.2, 0.25) is 0 Å². The van der Waals surface area contributed by atoms with Crippen LogP contribution >= 0.6 is 0 Å². The number of hydrogen-bond donors (Lipinski definition) is 2. The van der Waals surface area contributed by atoms with Crippen molar-refractivity contribution in [3.05, 3.63) is 11.1 Å². The maximum Gasteiger partial charge on any atom is 0.331 e. The van der Waals surface area contributed by atoms with E-state index in [-0.39, 0.29) is 0 Å². The van der Waals surface area contributed by atoms with Gasteiger partial charge in [-0.15, -0.1) is 0 Å². The first-order valence-electron chi connectivity index (χ1n) is 3.53. The van der Waals surface area contributed by atoms with E-state index in [0.29, 0.717) is 12.0 Å². The van der Waals surface area contributed by atoms with Gasteiger partial charge in [-0.05, 0) is 27.2 Å². The van der Waals surface area contributed by atoms with Crippen molar-refractivity contribution in [3.63, 3.8) is 0 Å². The summed E-state index contributed by atoms with van der Waals surface area (Å²) in [6.45, 7) is 4.90. The van der Waals surface area contributed by atoms with E-state index in [1.807, 2.05) is 0 Å². The molecule has 64 valence electrons. The summed E-state index contributed by atoms with van der Waals surface area (Å²) >= 11 is 0. The summed E-state index contributed by atoms with van der Waals surface area (Å²) < 4.78 is 0. The van der Waals surface area contributed by atoms with Crippen molar-refractivity contribution in [2.45, 2.75) is 33.3 Å². The van der Waals surface area contributed by atoms with Gasteiger partial charge in [-0.2, -0.15) is 0 Å². The lowest BCUT2D eigenvalue weighted by Crippen LogP contribution is -2.05. The van der Waals surface area contributed by atoms with Crippen LogP contribution in [0.3, 0.4) is 0 Å². The molecule has 1 atom stereocenters. The van der Waals surface area contributed by atoms with Crippen molar-refractivity contribution in [1.82, 2.24) is 0 Å². The highest BCUT2D eigenvalue weighted by Gasteiger charge is 2.06.